The van der Waals surface area contributed by atoms with Crippen LogP contribution in [0, 0.1) is 19.8 Å². The van der Waals surface area contributed by atoms with E-state index in [2.05, 4.69) is 4.90 Å². The molecule has 0 spiro atoms. The van der Waals surface area contributed by atoms with Crippen LogP contribution in [0.25, 0.3) is 0 Å². The van der Waals surface area contributed by atoms with Crippen molar-refractivity contribution in [2.75, 3.05) is 26.2 Å². The van der Waals surface area contributed by atoms with Crippen LogP contribution in [0.4, 0.5) is 0 Å². The van der Waals surface area contributed by atoms with Gasteiger partial charge in [0.1, 0.15) is 5.60 Å². The van der Waals surface area contributed by atoms with Gasteiger partial charge in [-0.1, -0.05) is 30.3 Å². The molecule has 1 aliphatic heterocycles. The summed E-state index contributed by atoms with van der Waals surface area (Å²) < 4.78 is 5.62. The maximum absolute atomic E-state index is 12.9. The Labute approximate surface area is 216 Å². The lowest BCUT2D eigenvalue weighted by atomic mass is 9.84. The van der Waals surface area contributed by atoms with Crippen molar-refractivity contribution in [3.63, 3.8) is 0 Å². The molecule has 1 heterocycles. The van der Waals surface area contributed by atoms with Gasteiger partial charge in [-0.2, -0.15) is 0 Å². The first-order valence-electron chi connectivity index (χ1n) is 13.1. The smallest absolute Gasteiger partial charge is 0.309 e. The highest BCUT2D eigenvalue weighted by molar-refractivity contribution is 5.94. The molecule has 6 nitrogen and oxygen atoms in total. The highest BCUT2D eigenvalue weighted by Crippen LogP contribution is 2.40. The molecule has 2 aromatic carbocycles. The van der Waals surface area contributed by atoms with Crippen LogP contribution in [0.1, 0.15) is 80.1 Å². The second-order valence-electron chi connectivity index (χ2n) is 10.8. The van der Waals surface area contributed by atoms with E-state index in [1.54, 1.807) is 4.90 Å². The van der Waals surface area contributed by atoms with Crippen LogP contribution in [0.3, 0.4) is 0 Å². The standard InChI is InChI=1S/C30H42N2O4/c1-8-31(9-2)27(33)23-13-15-25(16-14-23)30(35,26-21(3)11-10-12-22(26)4)32-19-17-24(18-20-32)28(34)36-29(5,6)7/h10-16,24,35H,8-9,17-20H2,1-7H3. The fraction of sp³-hybridized carbons (Fsp3) is 0.533. The maximum atomic E-state index is 12.9. The molecule has 0 bridgehead atoms. The Morgan fingerprint density at radius 3 is 1.97 bits per heavy atom. The minimum Gasteiger partial charge on any atom is -0.460 e. The Balaban J connectivity index is 1.96. The van der Waals surface area contributed by atoms with E-state index in [9.17, 15) is 14.7 Å². The first-order chi connectivity index (χ1) is 16.9. The SMILES string of the molecule is CCN(CC)C(=O)c1ccc(C(O)(c2c(C)cccc2C)N2CCC(C(=O)OC(C)(C)C)CC2)cc1. The third kappa shape index (κ3) is 5.81. The van der Waals surface area contributed by atoms with Gasteiger partial charge in [0.05, 0.1) is 5.92 Å². The van der Waals surface area contributed by atoms with Crippen LogP contribution in [-0.2, 0) is 15.3 Å². The lowest BCUT2D eigenvalue weighted by Crippen LogP contribution is -2.52. The van der Waals surface area contributed by atoms with Crippen molar-refractivity contribution < 1.29 is 19.4 Å². The quantitative estimate of drug-likeness (QED) is 0.547. The number of amides is 1. The maximum Gasteiger partial charge on any atom is 0.309 e. The molecule has 0 aromatic heterocycles. The number of carbonyl (C=O) groups is 2. The summed E-state index contributed by atoms with van der Waals surface area (Å²) in [6.07, 6.45) is 1.22. The lowest BCUT2D eigenvalue weighted by molar-refractivity contribution is -0.164. The minimum atomic E-state index is -1.38. The molecule has 1 unspecified atom stereocenters. The number of hydrogen-bond donors (Lipinski definition) is 1. The second-order valence-corrected chi connectivity index (χ2v) is 10.8. The van der Waals surface area contributed by atoms with Gasteiger partial charge in [-0.3, -0.25) is 14.5 Å². The van der Waals surface area contributed by atoms with E-state index in [0.717, 1.165) is 16.7 Å². The number of ether oxygens (including phenoxy) is 1. The van der Waals surface area contributed by atoms with Crippen molar-refractivity contribution in [1.82, 2.24) is 9.80 Å². The Morgan fingerprint density at radius 1 is 0.972 bits per heavy atom. The largest absolute Gasteiger partial charge is 0.460 e. The van der Waals surface area contributed by atoms with Gasteiger partial charge in [-0.25, -0.2) is 0 Å². The van der Waals surface area contributed by atoms with Crippen molar-refractivity contribution in [3.8, 4) is 0 Å². The van der Waals surface area contributed by atoms with E-state index in [4.69, 9.17) is 4.74 Å². The molecule has 1 aliphatic rings. The molecule has 0 saturated carbocycles. The zero-order valence-electron chi connectivity index (χ0n) is 22.9. The molecule has 3 rings (SSSR count). The first kappa shape index (κ1) is 27.9. The van der Waals surface area contributed by atoms with Gasteiger partial charge in [0.2, 0.25) is 0 Å². The van der Waals surface area contributed by atoms with Gasteiger partial charge in [0.15, 0.2) is 5.72 Å². The molecule has 1 amide bonds. The van der Waals surface area contributed by atoms with Crippen molar-refractivity contribution >= 4 is 11.9 Å². The lowest BCUT2D eigenvalue weighted by Gasteiger charge is -2.45. The molecule has 196 valence electrons. The monoisotopic (exact) mass is 494 g/mol. The van der Waals surface area contributed by atoms with E-state index in [1.165, 1.54) is 0 Å². The van der Waals surface area contributed by atoms with E-state index >= 15 is 0 Å². The second kappa shape index (κ2) is 11.1. The van der Waals surface area contributed by atoms with Crippen LogP contribution in [0.2, 0.25) is 0 Å². The Bertz CT molecular complexity index is 1040. The van der Waals surface area contributed by atoms with Crippen LogP contribution < -0.4 is 0 Å². The molecular weight excluding hydrogens is 452 g/mol. The van der Waals surface area contributed by atoms with Crippen LogP contribution >= 0.6 is 0 Å². The molecule has 36 heavy (non-hydrogen) atoms. The average molecular weight is 495 g/mol. The zero-order chi connectivity index (χ0) is 26.7. The molecule has 1 fully saturated rings. The Hall–Kier alpha value is -2.70. The minimum absolute atomic E-state index is 0.0136. The van der Waals surface area contributed by atoms with Gasteiger partial charge in [0, 0.05) is 42.9 Å². The van der Waals surface area contributed by atoms with E-state index in [1.807, 2.05) is 90.9 Å². The van der Waals surface area contributed by atoms with Crippen molar-refractivity contribution in [3.05, 3.63) is 70.3 Å². The number of aliphatic hydroxyl groups is 1. The molecule has 1 N–H and O–H groups in total. The normalized spacial score (nSPS) is 16.9. The summed E-state index contributed by atoms with van der Waals surface area (Å²) in [6.45, 7) is 16.0. The molecule has 0 aliphatic carbocycles. The van der Waals surface area contributed by atoms with Crippen LogP contribution in [0.5, 0.6) is 0 Å². The molecule has 1 atom stereocenters. The summed E-state index contributed by atoms with van der Waals surface area (Å²) in [6, 6.07) is 13.4. The summed E-state index contributed by atoms with van der Waals surface area (Å²) >= 11 is 0. The molecule has 2 aromatic rings. The van der Waals surface area contributed by atoms with E-state index < -0.39 is 11.3 Å². The average Bonchev–Trinajstić information content (AvgIpc) is 2.83. The van der Waals surface area contributed by atoms with Crippen LogP contribution in [0.15, 0.2) is 42.5 Å². The van der Waals surface area contributed by atoms with Crippen LogP contribution in [-0.4, -0.2) is 58.6 Å². The van der Waals surface area contributed by atoms with Gasteiger partial charge in [-0.05, 0) is 84.6 Å². The number of aryl methyl sites for hydroxylation is 2. The molecule has 6 heteroatoms. The number of likely N-dealkylation sites (tertiary alicyclic amines) is 1. The summed E-state index contributed by atoms with van der Waals surface area (Å²) in [5, 5.41) is 12.5. The predicted molar refractivity (Wildman–Crippen MR) is 143 cm³/mol. The van der Waals surface area contributed by atoms with Crippen molar-refractivity contribution in [2.24, 2.45) is 5.92 Å². The van der Waals surface area contributed by atoms with Gasteiger partial charge < -0.3 is 14.7 Å². The van der Waals surface area contributed by atoms with Crippen molar-refractivity contribution in [2.45, 2.75) is 72.6 Å². The van der Waals surface area contributed by atoms with Gasteiger partial charge in [-0.15, -0.1) is 0 Å². The zero-order valence-corrected chi connectivity index (χ0v) is 22.9. The number of nitrogens with zero attached hydrogens (tertiary/aromatic N) is 2. The van der Waals surface area contributed by atoms with E-state index in [0.29, 0.717) is 50.1 Å². The number of hydrogen-bond acceptors (Lipinski definition) is 5. The number of rotatable bonds is 7. The highest BCUT2D eigenvalue weighted by Gasteiger charge is 2.43. The van der Waals surface area contributed by atoms with Gasteiger partial charge in [0.25, 0.3) is 5.91 Å². The first-order valence-corrected chi connectivity index (χ1v) is 13.1. The fourth-order valence-corrected chi connectivity index (χ4v) is 5.21. The Kier molecular flexibility index (Phi) is 8.63. The predicted octanol–water partition coefficient (Wildman–Crippen LogP) is 5.03. The number of carbonyl (C=O) groups excluding carboxylic acids is 2. The Morgan fingerprint density at radius 2 is 1.50 bits per heavy atom. The third-order valence-corrected chi connectivity index (χ3v) is 7.11. The fourth-order valence-electron chi connectivity index (χ4n) is 5.21. The molecule has 1 saturated heterocycles. The highest BCUT2D eigenvalue weighted by atomic mass is 16.6. The summed E-state index contributed by atoms with van der Waals surface area (Å²) in [4.78, 5) is 29.4. The molecule has 0 radical (unpaired) electrons. The summed E-state index contributed by atoms with van der Waals surface area (Å²) in [7, 11) is 0. The number of piperidine rings is 1. The summed E-state index contributed by atoms with van der Waals surface area (Å²) in [5.41, 5.74) is 2.26. The summed E-state index contributed by atoms with van der Waals surface area (Å²) in [5.74, 6) is -0.367. The number of benzene rings is 2. The van der Waals surface area contributed by atoms with Gasteiger partial charge >= 0.3 is 5.97 Å². The molecular formula is C30H42N2O4. The number of esters is 1. The third-order valence-electron chi connectivity index (χ3n) is 7.11. The van der Waals surface area contributed by atoms with Crippen molar-refractivity contribution in [1.29, 1.82) is 0 Å². The topological polar surface area (TPSA) is 70.1 Å². The van der Waals surface area contributed by atoms with E-state index in [-0.39, 0.29) is 17.8 Å².